The molecule has 1 atom stereocenters. The van der Waals surface area contributed by atoms with Crippen molar-refractivity contribution in [3.8, 4) is 0 Å². The van der Waals surface area contributed by atoms with Crippen LogP contribution in [-0.4, -0.2) is 28.0 Å². The van der Waals surface area contributed by atoms with Gasteiger partial charge in [-0.15, -0.1) is 11.3 Å². The van der Waals surface area contributed by atoms with E-state index in [0.29, 0.717) is 10.8 Å². The van der Waals surface area contributed by atoms with Gasteiger partial charge in [-0.3, -0.25) is 4.79 Å². The summed E-state index contributed by atoms with van der Waals surface area (Å²) >= 11 is 1.26. The van der Waals surface area contributed by atoms with Crippen LogP contribution in [-0.2, 0) is 16.0 Å². The number of anilines is 1. The molecule has 0 spiro atoms. The monoisotopic (exact) mass is 255 g/mol. The summed E-state index contributed by atoms with van der Waals surface area (Å²) in [5.74, 6) is -1.22. The first-order chi connectivity index (χ1) is 8.06. The van der Waals surface area contributed by atoms with Crippen LogP contribution in [0.25, 0.3) is 0 Å². The molecule has 7 heteroatoms. The van der Waals surface area contributed by atoms with Crippen molar-refractivity contribution in [1.82, 2.24) is 10.3 Å². The minimum atomic E-state index is -0.973. The van der Waals surface area contributed by atoms with E-state index in [1.54, 1.807) is 5.38 Å². The van der Waals surface area contributed by atoms with Gasteiger partial charge in [-0.05, 0) is 18.8 Å². The Morgan fingerprint density at radius 3 is 2.82 bits per heavy atom. The van der Waals surface area contributed by atoms with Crippen molar-refractivity contribution in [2.75, 3.05) is 5.73 Å². The predicted molar refractivity (Wildman–Crippen MR) is 62.5 cm³/mol. The predicted octanol–water partition coefficient (Wildman–Crippen LogP) is 0.247. The van der Waals surface area contributed by atoms with Gasteiger partial charge in [0.1, 0.15) is 6.04 Å². The molecule has 1 heterocycles. The Balaban J connectivity index is 1.89. The van der Waals surface area contributed by atoms with Gasteiger partial charge in [-0.2, -0.15) is 0 Å². The Hall–Kier alpha value is -1.63. The average Bonchev–Trinajstić information content (AvgIpc) is 3.00. The highest BCUT2D eigenvalue weighted by Gasteiger charge is 2.37. The number of nitrogen functional groups attached to an aromatic ring is 1. The number of thiazole rings is 1. The number of hydrogen-bond acceptors (Lipinski definition) is 5. The van der Waals surface area contributed by atoms with Crippen LogP contribution in [0, 0.1) is 5.92 Å². The molecular formula is C10H13N3O3S. The topological polar surface area (TPSA) is 105 Å². The van der Waals surface area contributed by atoms with Crippen molar-refractivity contribution in [2.45, 2.75) is 25.3 Å². The molecule has 17 heavy (non-hydrogen) atoms. The Morgan fingerprint density at radius 2 is 2.35 bits per heavy atom. The third-order valence-corrected chi connectivity index (χ3v) is 3.31. The number of aromatic nitrogens is 1. The van der Waals surface area contributed by atoms with Gasteiger partial charge < -0.3 is 16.2 Å². The number of amides is 1. The quantitative estimate of drug-likeness (QED) is 0.699. The van der Waals surface area contributed by atoms with Crippen molar-refractivity contribution < 1.29 is 14.7 Å². The Labute approximate surface area is 102 Å². The molecule has 1 aromatic heterocycles. The van der Waals surface area contributed by atoms with Crippen LogP contribution in [0.4, 0.5) is 5.13 Å². The minimum Gasteiger partial charge on any atom is -0.480 e. The zero-order valence-electron chi connectivity index (χ0n) is 9.05. The van der Waals surface area contributed by atoms with E-state index in [2.05, 4.69) is 10.3 Å². The number of carboxylic acid groups (broad SMARTS) is 1. The van der Waals surface area contributed by atoms with Gasteiger partial charge in [-0.25, -0.2) is 9.78 Å². The Bertz CT molecular complexity index is 442. The first-order valence-electron chi connectivity index (χ1n) is 5.28. The normalized spacial score (nSPS) is 16.5. The van der Waals surface area contributed by atoms with Crippen LogP contribution < -0.4 is 11.1 Å². The molecule has 0 saturated heterocycles. The molecule has 1 amide bonds. The number of rotatable bonds is 5. The molecule has 6 nitrogen and oxygen atoms in total. The molecule has 1 saturated carbocycles. The molecule has 1 aliphatic rings. The van der Waals surface area contributed by atoms with Gasteiger partial charge in [0.2, 0.25) is 5.91 Å². The van der Waals surface area contributed by atoms with Crippen LogP contribution in [0.5, 0.6) is 0 Å². The zero-order valence-corrected chi connectivity index (χ0v) is 9.87. The smallest absolute Gasteiger partial charge is 0.326 e. The van der Waals surface area contributed by atoms with Crippen molar-refractivity contribution in [1.29, 1.82) is 0 Å². The van der Waals surface area contributed by atoms with Gasteiger partial charge >= 0.3 is 5.97 Å². The number of carboxylic acids is 1. The fraction of sp³-hybridized carbons (Fsp3) is 0.500. The summed E-state index contributed by atoms with van der Waals surface area (Å²) in [5, 5.41) is 13.6. The van der Waals surface area contributed by atoms with E-state index in [9.17, 15) is 9.59 Å². The third kappa shape index (κ3) is 3.16. The molecule has 0 aromatic carbocycles. The largest absolute Gasteiger partial charge is 0.480 e. The van der Waals surface area contributed by atoms with Crippen molar-refractivity contribution in [3.05, 3.63) is 11.1 Å². The molecule has 92 valence electrons. The Kier molecular flexibility index (Phi) is 3.28. The molecule has 4 N–H and O–H groups in total. The van der Waals surface area contributed by atoms with E-state index in [1.165, 1.54) is 11.3 Å². The van der Waals surface area contributed by atoms with Crippen LogP contribution in [0.3, 0.4) is 0 Å². The lowest BCUT2D eigenvalue weighted by Gasteiger charge is -2.12. The van der Waals surface area contributed by atoms with Gasteiger partial charge in [-0.1, -0.05) is 0 Å². The summed E-state index contributed by atoms with van der Waals surface area (Å²) in [7, 11) is 0. The maximum absolute atomic E-state index is 11.6. The molecule has 1 unspecified atom stereocenters. The standard InChI is InChI=1S/C10H13N3O3S/c11-10-12-6(4-17-10)3-7(14)13-8(9(15)16)5-1-2-5/h4-5,8H,1-3H2,(H2,11,12)(H,13,14)(H,15,16). The van der Waals surface area contributed by atoms with Crippen LogP contribution in [0.2, 0.25) is 0 Å². The average molecular weight is 255 g/mol. The van der Waals surface area contributed by atoms with Gasteiger partial charge in [0, 0.05) is 5.38 Å². The summed E-state index contributed by atoms with van der Waals surface area (Å²) in [6.45, 7) is 0. The van der Waals surface area contributed by atoms with Crippen molar-refractivity contribution in [3.63, 3.8) is 0 Å². The number of aliphatic carboxylic acids is 1. The first-order valence-corrected chi connectivity index (χ1v) is 6.16. The Morgan fingerprint density at radius 1 is 1.65 bits per heavy atom. The summed E-state index contributed by atoms with van der Waals surface area (Å²) in [4.78, 5) is 26.5. The summed E-state index contributed by atoms with van der Waals surface area (Å²) in [6, 6.07) is -0.765. The van der Waals surface area contributed by atoms with Crippen molar-refractivity contribution >= 4 is 28.3 Å². The summed E-state index contributed by atoms with van der Waals surface area (Å²) < 4.78 is 0. The molecule has 1 aliphatic carbocycles. The maximum Gasteiger partial charge on any atom is 0.326 e. The molecule has 2 rings (SSSR count). The fourth-order valence-electron chi connectivity index (χ4n) is 1.60. The fourth-order valence-corrected chi connectivity index (χ4v) is 2.17. The second-order valence-electron chi connectivity index (χ2n) is 4.07. The number of carbonyl (C=O) groups is 2. The SMILES string of the molecule is Nc1nc(CC(=O)NC(C(=O)O)C2CC2)cs1. The van der Waals surface area contributed by atoms with Crippen molar-refractivity contribution in [2.24, 2.45) is 5.92 Å². The third-order valence-electron chi connectivity index (χ3n) is 2.59. The van der Waals surface area contributed by atoms with E-state index >= 15 is 0 Å². The summed E-state index contributed by atoms with van der Waals surface area (Å²) in [6.07, 6.45) is 1.80. The maximum atomic E-state index is 11.6. The number of carbonyl (C=O) groups excluding carboxylic acids is 1. The lowest BCUT2D eigenvalue weighted by atomic mass is 10.2. The number of nitrogens with one attached hydrogen (secondary N) is 1. The lowest BCUT2D eigenvalue weighted by molar-refractivity contribution is -0.142. The van der Waals surface area contributed by atoms with E-state index in [1.807, 2.05) is 0 Å². The van der Waals surface area contributed by atoms with Crippen LogP contribution in [0.15, 0.2) is 5.38 Å². The molecule has 1 fully saturated rings. The number of hydrogen-bond donors (Lipinski definition) is 3. The van der Waals surface area contributed by atoms with Gasteiger partial charge in [0.05, 0.1) is 12.1 Å². The molecule has 0 aliphatic heterocycles. The molecule has 0 bridgehead atoms. The first kappa shape index (κ1) is 11.8. The highest BCUT2D eigenvalue weighted by molar-refractivity contribution is 7.13. The van der Waals surface area contributed by atoms with E-state index < -0.39 is 12.0 Å². The summed E-state index contributed by atoms with van der Waals surface area (Å²) in [5.41, 5.74) is 6.02. The second-order valence-corrected chi connectivity index (χ2v) is 4.96. The van der Waals surface area contributed by atoms with Gasteiger partial charge in [0.15, 0.2) is 5.13 Å². The molecular weight excluding hydrogens is 242 g/mol. The zero-order chi connectivity index (χ0) is 12.4. The second kappa shape index (κ2) is 4.70. The van der Waals surface area contributed by atoms with Crippen LogP contribution in [0.1, 0.15) is 18.5 Å². The highest BCUT2D eigenvalue weighted by atomic mass is 32.1. The minimum absolute atomic E-state index is 0.0736. The van der Waals surface area contributed by atoms with Gasteiger partial charge in [0.25, 0.3) is 0 Å². The van der Waals surface area contributed by atoms with E-state index in [-0.39, 0.29) is 18.2 Å². The van der Waals surface area contributed by atoms with Crippen LogP contribution >= 0.6 is 11.3 Å². The number of nitrogens with zero attached hydrogens (tertiary/aromatic N) is 1. The molecule has 1 aromatic rings. The number of nitrogens with two attached hydrogens (primary N) is 1. The highest BCUT2D eigenvalue weighted by Crippen LogP contribution is 2.32. The van der Waals surface area contributed by atoms with E-state index in [4.69, 9.17) is 10.8 Å². The lowest BCUT2D eigenvalue weighted by Crippen LogP contribution is -2.43. The molecule has 0 radical (unpaired) electrons. The van der Waals surface area contributed by atoms with E-state index in [0.717, 1.165) is 12.8 Å².